The Morgan fingerprint density at radius 1 is 1.77 bits per heavy atom. The molecule has 0 amide bonds. The van der Waals surface area contributed by atoms with E-state index in [-0.39, 0.29) is 0 Å². The number of thiophene rings is 1. The average molecular weight is 201 g/mol. The van der Waals surface area contributed by atoms with Crippen molar-refractivity contribution in [3.63, 3.8) is 0 Å². The highest BCUT2D eigenvalue weighted by molar-refractivity contribution is 7.10. The van der Waals surface area contributed by atoms with E-state index in [9.17, 15) is 15.2 Å². The van der Waals surface area contributed by atoms with Gasteiger partial charge in [-0.1, -0.05) is 13.0 Å². The van der Waals surface area contributed by atoms with Crippen molar-refractivity contribution >= 4 is 11.3 Å². The first-order valence-corrected chi connectivity index (χ1v) is 4.89. The molecule has 4 nitrogen and oxygen atoms in total. The molecule has 0 radical (unpaired) electrons. The van der Waals surface area contributed by atoms with E-state index in [1.54, 1.807) is 24.4 Å². The van der Waals surface area contributed by atoms with Gasteiger partial charge in [-0.3, -0.25) is 10.1 Å². The van der Waals surface area contributed by atoms with Gasteiger partial charge in [0.25, 0.3) is 0 Å². The number of aliphatic hydroxyl groups is 1. The highest BCUT2D eigenvalue weighted by atomic mass is 32.1. The molecule has 5 heteroatoms. The summed E-state index contributed by atoms with van der Waals surface area (Å²) in [6, 6.07) is 2.59. The van der Waals surface area contributed by atoms with Crippen LogP contribution < -0.4 is 0 Å². The van der Waals surface area contributed by atoms with Gasteiger partial charge in [0, 0.05) is 16.2 Å². The van der Waals surface area contributed by atoms with Crippen LogP contribution in [0.3, 0.4) is 0 Å². The highest BCUT2D eigenvalue weighted by Gasteiger charge is 2.29. The van der Waals surface area contributed by atoms with Gasteiger partial charge in [0.15, 0.2) is 6.10 Å². The van der Waals surface area contributed by atoms with Crippen LogP contribution in [0.5, 0.6) is 0 Å². The first-order valence-electron chi connectivity index (χ1n) is 4.01. The Balaban J connectivity index is 2.76. The van der Waals surface area contributed by atoms with Crippen molar-refractivity contribution in [2.45, 2.75) is 25.5 Å². The second-order valence-corrected chi connectivity index (χ2v) is 3.70. The van der Waals surface area contributed by atoms with E-state index in [0.717, 1.165) is 0 Å². The third kappa shape index (κ3) is 2.26. The van der Waals surface area contributed by atoms with E-state index in [1.807, 2.05) is 0 Å². The van der Waals surface area contributed by atoms with Crippen LogP contribution in [0.2, 0.25) is 0 Å². The summed E-state index contributed by atoms with van der Waals surface area (Å²) in [5, 5.41) is 21.9. The van der Waals surface area contributed by atoms with Crippen molar-refractivity contribution < 1.29 is 10.0 Å². The molecule has 1 rings (SSSR count). The molecule has 0 saturated heterocycles. The summed E-state index contributed by atoms with van der Waals surface area (Å²) >= 11 is 1.34. The molecule has 1 heterocycles. The van der Waals surface area contributed by atoms with Gasteiger partial charge in [-0.05, 0) is 11.4 Å². The fraction of sp³-hybridized carbons (Fsp3) is 0.500. The van der Waals surface area contributed by atoms with Crippen molar-refractivity contribution in [1.82, 2.24) is 0 Å². The van der Waals surface area contributed by atoms with Crippen LogP contribution in [-0.2, 0) is 0 Å². The molecule has 2 atom stereocenters. The van der Waals surface area contributed by atoms with Crippen molar-refractivity contribution in [3.05, 3.63) is 32.5 Å². The topological polar surface area (TPSA) is 63.4 Å². The van der Waals surface area contributed by atoms with Gasteiger partial charge in [-0.15, -0.1) is 11.3 Å². The van der Waals surface area contributed by atoms with E-state index in [4.69, 9.17) is 0 Å². The fourth-order valence-corrected chi connectivity index (χ4v) is 1.90. The molecule has 0 saturated carbocycles. The van der Waals surface area contributed by atoms with Crippen LogP contribution in [-0.4, -0.2) is 16.1 Å². The van der Waals surface area contributed by atoms with Crippen LogP contribution in [0.15, 0.2) is 17.5 Å². The first-order chi connectivity index (χ1) is 6.16. The molecule has 13 heavy (non-hydrogen) atoms. The van der Waals surface area contributed by atoms with E-state index in [1.165, 1.54) is 11.3 Å². The Labute approximate surface area is 80.0 Å². The third-order valence-corrected chi connectivity index (χ3v) is 2.83. The van der Waals surface area contributed by atoms with Crippen molar-refractivity contribution in [1.29, 1.82) is 0 Å². The molecule has 0 unspecified atom stereocenters. The summed E-state index contributed by atoms with van der Waals surface area (Å²) in [4.78, 5) is 10.7. The minimum Gasteiger partial charge on any atom is -0.380 e. The SMILES string of the molecule is CC[C@H]([C@H](O)c1cccs1)[N+](=O)[O-]. The van der Waals surface area contributed by atoms with Gasteiger partial charge in [0.05, 0.1) is 0 Å². The number of rotatable bonds is 4. The molecule has 72 valence electrons. The van der Waals surface area contributed by atoms with Crippen molar-refractivity contribution in [3.8, 4) is 0 Å². The minimum atomic E-state index is -0.972. The number of nitrogens with zero attached hydrogens (tertiary/aromatic N) is 1. The summed E-state index contributed by atoms with van der Waals surface area (Å²) in [5.41, 5.74) is 0. The zero-order valence-electron chi connectivity index (χ0n) is 7.21. The summed E-state index contributed by atoms with van der Waals surface area (Å²) < 4.78 is 0. The standard InChI is InChI=1S/C8H11NO3S/c1-2-6(9(11)12)8(10)7-4-3-5-13-7/h3-6,8,10H,2H2,1H3/t6-,8+/m1/s1. The van der Waals surface area contributed by atoms with Crippen LogP contribution in [0.1, 0.15) is 24.3 Å². The van der Waals surface area contributed by atoms with Crippen molar-refractivity contribution in [2.75, 3.05) is 0 Å². The Hall–Kier alpha value is -0.940. The number of hydrogen-bond acceptors (Lipinski definition) is 4. The van der Waals surface area contributed by atoms with Gasteiger partial charge in [-0.2, -0.15) is 0 Å². The lowest BCUT2D eigenvalue weighted by Crippen LogP contribution is -2.26. The maximum atomic E-state index is 10.5. The molecule has 0 fully saturated rings. The average Bonchev–Trinajstić information content (AvgIpc) is 2.56. The molecule has 0 aliphatic heterocycles. The number of hydrogen-bond donors (Lipinski definition) is 1. The maximum Gasteiger partial charge on any atom is 0.243 e. The van der Waals surface area contributed by atoms with Gasteiger partial charge in [0.1, 0.15) is 0 Å². The van der Waals surface area contributed by atoms with Crippen LogP contribution in [0.4, 0.5) is 0 Å². The molecule has 1 aromatic rings. The lowest BCUT2D eigenvalue weighted by molar-refractivity contribution is -0.536. The summed E-state index contributed by atoms with van der Waals surface area (Å²) in [7, 11) is 0. The Bertz CT molecular complexity index is 273. The predicted molar refractivity (Wildman–Crippen MR) is 50.4 cm³/mol. The smallest absolute Gasteiger partial charge is 0.243 e. The number of nitro groups is 1. The fourth-order valence-electron chi connectivity index (χ4n) is 1.14. The Kier molecular flexibility index (Phi) is 3.39. The molecular weight excluding hydrogens is 190 g/mol. The molecule has 1 aromatic heterocycles. The highest BCUT2D eigenvalue weighted by Crippen LogP contribution is 2.24. The Morgan fingerprint density at radius 3 is 2.85 bits per heavy atom. The van der Waals surface area contributed by atoms with Crippen LogP contribution in [0.25, 0.3) is 0 Å². The van der Waals surface area contributed by atoms with Gasteiger partial charge >= 0.3 is 0 Å². The first kappa shape index (κ1) is 10.1. The minimum absolute atomic E-state index is 0.339. The second-order valence-electron chi connectivity index (χ2n) is 2.72. The van der Waals surface area contributed by atoms with E-state index >= 15 is 0 Å². The summed E-state index contributed by atoms with van der Waals surface area (Å²) in [6.45, 7) is 1.70. The van der Waals surface area contributed by atoms with Crippen LogP contribution >= 0.6 is 11.3 Å². The molecule has 0 aromatic carbocycles. The zero-order valence-corrected chi connectivity index (χ0v) is 8.03. The van der Waals surface area contributed by atoms with Gasteiger partial charge in [-0.25, -0.2) is 0 Å². The molecule has 1 N–H and O–H groups in total. The van der Waals surface area contributed by atoms with Gasteiger partial charge < -0.3 is 5.11 Å². The normalized spacial score (nSPS) is 15.2. The molecule has 0 spiro atoms. The van der Waals surface area contributed by atoms with Gasteiger partial charge in [0.2, 0.25) is 6.04 Å². The lowest BCUT2D eigenvalue weighted by atomic mass is 10.1. The Morgan fingerprint density at radius 2 is 2.46 bits per heavy atom. The van der Waals surface area contributed by atoms with Crippen molar-refractivity contribution in [2.24, 2.45) is 0 Å². The van der Waals surface area contributed by atoms with E-state index in [0.29, 0.717) is 11.3 Å². The molecular formula is C8H11NO3S. The monoisotopic (exact) mass is 201 g/mol. The molecule has 0 aliphatic carbocycles. The third-order valence-electron chi connectivity index (χ3n) is 1.89. The summed E-state index contributed by atoms with van der Waals surface area (Å²) in [6.07, 6.45) is -0.633. The second kappa shape index (κ2) is 4.34. The predicted octanol–water partition coefficient (Wildman–Crippen LogP) is 1.84. The lowest BCUT2D eigenvalue weighted by Gasteiger charge is -2.12. The number of aliphatic hydroxyl groups excluding tert-OH is 1. The quantitative estimate of drug-likeness (QED) is 0.597. The van der Waals surface area contributed by atoms with Crippen LogP contribution in [0, 0.1) is 10.1 Å². The van der Waals surface area contributed by atoms with E-state index < -0.39 is 17.1 Å². The summed E-state index contributed by atoms with van der Waals surface area (Å²) in [5.74, 6) is 0. The van der Waals surface area contributed by atoms with E-state index in [2.05, 4.69) is 0 Å². The maximum absolute atomic E-state index is 10.5. The largest absolute Gasteiger partial charge is 0.380 e. The molecule has 0 bridgehead atoms. The molecule has 0 aliphatic rings. The zero-order chi connectivity index (χ0) is 9.84.